The van der Waals surface area contributed by atoms with Crippen molar-refractivity contribution in [1.82, 2.24) is 19.9 Å². The SMILES string of the molecule is Nc1nc(CSCCCNc2ncccn2)nc2sc3c(c12)CCCCC3. The molecule has 4 rings (SSSR count). The van der Waals surface area contributed by atoms with Gasteiger partial charge in [0.05, 0.1) is 11.1 Å². The summed E-state index contributed by atoms with van der Waals surface area (Å²) in [5.74, 6) is 4.02. The van der Waals surface area contributed by atoms with Gasteiger partial charge in [-0.05, 0) is 49.5 Å². The smallest absolute Gasteiger partial charge is 0.222 e. The van der Waals surface area contributed by atoms with Gasteiger partial charge < -0.3 is 11.1 Å². The van der Waals surface area contributed by atoms with E-state index in [0.717, 1.165) is 53.4 Å². The van der Waals surface area contributed by atoms with Crippen LogP contribution in [0.1, 0.15) is 41.9 Å². The number of hydrogen-bond acceptors (Lipinski definition) is 8. The minimum atomic E-state index is 0.665. The van der Waals surface area contributed by atoms with Gasteiger partial charge in [0.25, 0.3) is 0 Å². The standard InChI is InChI=1S/C19H24N6S2/c20-17-16-13-6-2-1-3-7-14(13)27-18(16)25-15(24-17)12-26-11-5-10-23-19-21-8-4-9-22-19/h4,8-9H,1-3,5-7,10-12H2,(H2,20,24,25)(H,21,22,23). The number of fused-ring (bicyclic) bond motifs is 3. The van der Waals surface area contributed by atoms with E-state index in [1.54, 1.807) is 12.4 Å². The molecule has 0 aliphatic heterocycles. The Bertz CT molecular complexity index is 896. The number of nitrogens with two attached hydrogens (primary N) is 1. The molecule has 0 saturated heterocycles. The fourth-order valence-electron chi connectivity index (χ4n) is 3.40. The van der Waals surface area contributed by atoms with Gasteiger partial charge in [0.2, 0.25) is 5.95 Å². The molecule has 3 aromatic rings. The van der Waals surface area contributed by atoms with Crippen molar-refractivity contribution in [3.63, 3.8) is 0 Å². The molecule has 142 valence electrons. The van der Waals surface area contributed by atoms with Crippen LogP contribution in [0, 0.1) is 0 Å². The third-order valence-electron chi connectivity index (χ3n) is 4.68. The molecule has 0 bridgehead atoms. The van der Waals surface area contributed by atoms with Crippen molar-refractivity contribution in [3.8, 4) is 0 Å². The monoisotopic (exact) mass is 400 g/mol. The molecular formula is C19H24N6S2. The Balaban J connectivity index is 1.31. The van der Waals surface area contributed by atoms with Crippen LogP contribution in [-0.2, 0) is 18.6 Å². The minimum absolute atomic E-state index is 0.665. The van der Waals surface area contributed by atoms with Gasteiger partial charge in [0.1, 0.15) is 16.5 Å². The van der Waals surface area contributed by atoms with E-state index in [1.165, 1.54) is 29.7 Å². The molecule has 0 fully saturated rings. The molecule has 27 heavy (non-hydrogen) atoms. The number of anilines is 2. The molecule has 1 aliphatic carbocycles. The molecule has 8 heteroatoms. The lowest BCUT2D eigenvalue weighted by Crippen LogP contribution is -2.06. The molecule has 0 saturated carbocycles. The van der Waals surface area contributed by atoms with Crippen molar-refractivity contribution in [3.05, 3.63) is 34.7 Å². The maximum Gasteiger partial charge on any atom is 0.222 e. The molecule has 0 aromatic carbocycles. The van der Waals surface area contributed by atoms with Gasteiger partial charge in [0, 0.05) is 23.8 Å². The lowest BCUT2D eigenvalue weighted by molar-refractivity contribution is 0.713. The van der Waals surface area contributed by atoms with E-state index in [2.05, 4.69) is 20.3 Å². The van der Waals surface area contributed by atoms with Crippen LogP contribution in [0.3, 0.4) is 0 Å². The highest BCUT2D eigenvalue weighted by Gasteiger charge is 2.19. The van der Waals surface area contributed by atoms with Crippen LogP contribution in [0.25, 0.3) is 10.2 Å². The first kappa shape index (κ1) is 18.4. The molecule has 0 amide bonds. The third kappa shape index (κ3) is 4.50. The first-order valence-corrected chi connectivity index (χ1v) is 11.4. The second-order valence-electron chi connectivity index (χ2n) is 6.67. The molecule has 0 unspecified atom stereocenters. The zero-order chi connectivity index (χ0) is 18.5. The lowest BCUT2D eigenvalue weighted by Gasteiger charge is -2.06. The Labute approximate surface area is 167 Å². The summed E-state index contributed by atoms with van der Waals surface area (Å²) >= 11 is 3.66. The predicted molar refractivity (Wildman–Crippen MR) is 114 cm³/mol. The lowest BCUT2D eigenvalue weighted by atomic mass is 10.1. The van der Waals surface area contributed by atoms with Crippen LogP contribution in [0.2, 0.25) is 0 Å². The topological polar surface area (TPSA) is 89.6 Å². The Morgan fingerprint density at radius 3 is 2.85 bits per heavy atom. The van der Waals surface area contributed by atoms with Crippen LogP contribution >= 0.6 is 23.1 Å². The Morgan fingerprint density at radius 1 is 1.11 bits per heavy atom. The Morgan fingerprint density at radius 2 is 1.96 bits per heavy atom. The summed E-state index contributed by atoms with van der Waals surface area (Å²) in [4.78, 5) is 20.3. The fraction of sp³-hybridized carbons (Fsp3) is 0.474. The number of aromatic nitrogens is 4. The molecule has 6 nitrogen and oxygen atoms in total. The molecule has 0 spiro atoms. The minimum Gasteiger partial charge on any atom is -0.383 e. The molecule has 3 heterocycles. The Kier molecular flexibility index (Phi) is 6.03. The summed E-state index contributed by atoms with van der Waals surface area (Å²) < 4.78 is 0. The average Bonchev–Trinajstić information content (AvgIpc) is 2.87. The quantitative estimate of drug-likeness (QED) is 0.456. The molecule has 0 radical (unpaired) electrons. The summed E-state index contributed by atoms with van der Waals surface area (Å²) in [6.45, 7) is 0.858. The average molecular weight is 401 g/mol. The van der Waals surface area contributed by atoms with Crippen LogP contribution in [0.15, 0.2) is 18.5 Å². The van der Waals surface area contributed by atoms with Gasteiger partial charge in [-0.15, -0.1) is 11.3 Å². The number of thioether (sulfide) groups is 1. The number of nitrogens with one attached hydrogen (secondary N) is 1. The van der Waals surface area contributed by atoms with Crippen LogP contribution in [0.5, 0.6) is 0 Å². The van der Waals surface area contributed by atoms with Crippen LogP contribution < -0.4 is 11.1 Å². The first-order chi connectivity index (χ1) is 13.3. The summed E-state index contributed by atoms with van der Waals surface area (Å²) in [5, 5.41) is 4.35. The normalized spacial score (nSPS) is 14.1. The molecule has 0 atom stereocenters. The van der Waals surface area contributed by atoms with Crippen molar-refractivity contribution < 1.29 is 0 Å². The van der Waals surface area contributed by atoms with Crippen LogP contribution in [-0.4, -0.2) is 32.2 Å². The van der Waals surface area contributed by atoms with Crippen molar-refractivity contribution in [2.75, 3.05) is 23.3 Å². The van der Waals surface area contributed by atoms with Gasteiger partial charge in [-0.3, -0.25) is 0 Å². The van der Waals surface area contributed by atoms with E-state index in [1.807, 2.05) is 29.2 Å². The summed E-state index contributed by atoms with van der Waals surface area (Å²) in [7, 11) is 0. The molecule has 3 aromatic heterocycles. The van der Waals surface area contributed by atoms with Crippen LogP contribution in [0.4, 0.5) is 11.8 Å². The number of nitrogen functional groups attached to an aromatic ring is 1. The predicted octanol–water partition coefficient (Wildman–Crippen LogP) is 4.07. The Hall–Kier alpha value is -1.93. The van der Waals surface area contributed by atoms with Gasteiger partial charge in [-0.2, -0.15) is 11.8 Å². The van der Waals surface area contributed by atoms with E-state index in [4.69, 9.17) is 10.7 Å². The van der Waals surface area contributed by atoms with E-state index in [-0.39, 0.29) is 0 Å². The summed E-state index contributed by atoms with van der Waals surface area (Å²) in [6.07, 6.45) is 10.6. The second kappa shape index (κ2) is 8.84. The number of hydrogen-bond donors (Lipinski definition) is 2. The van der Waals surface area contributed by atoms with Gasteiger partial charge in [-0.25, -0.2) is 19.9 Å². The maximum absolute atomic E-state index is 6.32. The number of aryl methyl sites for hydroxylation is 2. The molecule has 1 aliphatic rings. The highest BCUT2D eigenvalue weighted by atomic mass is 32.2. The molecular weight excluding hydrogens is 376 g/mol. The van der Waals surface area contributed by atoms with E-state index in [9.17, 15) is 0 Å². The van der Waals surface area contributed by atoms with Crippen molar-refractivity contribution in [2.45, 2.75) is 44.3 Å². The number of rotatable bonds is 7. The number of thiophene rings is 1. The van der Waals surface area contributed by atoms with E-state index < -0.39 is 0 Å². The van der Waals surface area contributed by atoms with Gasteiger partial charge in [0.15, 0.2) is 0 Å². The zero-order valence-corrected chi connectivity index (χ0v) is 16.9. The largest absolute Gasteiger partial charge is 0.383 e. The van der Waals surface area contributed by atoms with Gasteiger partial charge in [-0.1, -0.05) is 6.42 Å². The highest BCUT2D eigenvalue weighted by Crippen LogP contribution is 2.37. The van der Waals surface area contributed by atoms with Crippen molar-refractivity contribution in [2.24, 2.45) is 0 Å². The number of nitrogens with zero attached hydrogens (tertiary/aromatic N) is 4. The molecule has 3 N–H and O–H groups in total. The third-order valence-corrected chi connectivity index (χ3v) is 6.91. The van der Waals surface area contributed by atoms with Crippen molar-refractivity contribution in [1.29, 1.82) is 0 Å². The first-order valence-electron chi connectivity index (χ1n) is 9.46. The maximum atomic E-state index is 6.32. The zero-order valence-electron chi connectivity index (χ0n) is 15.3. The highest BCUT2D eigenvalue weighted by molar-refractivity contribution is 7.98. The summed E-state index contributed by atoms with van der Waals surface area (Å²) in [6, 6.07) is 1.81. The second-order valence-corrected chi connectivity index (χ2v) is 8.86. The summed E-state index contributed by atoms with van der Waals surface area (Å²) in [5.41, 5.74) is 7.73. The van der Waals surface area contributed by atoms with Crippen molar-refractivity contribution >= 4 is 45.1 Å². The fourth-order valence-corrected chi connectivity index (χ4v) is 5.49. The van der Waals surface area contributed by atoms with E-state index in [0.29, 0.717) is 11.8 Å². The van der Waals surface area contributed by atoms with Gasteiger partial charge >= 0.3 is 0 Å². The van der Waals surface area contributed by atoms with E-state index >= 15 is 0 Å².